The highest BCUT2D eigenvalue weighted by Gasteiger charge is 2.38. The molecule has 1 amide bonds. The number of carbonyl (C=O) groups is 1. The average Bonchev–Trinajstić information content (AvgIpc) is 2.89. The Morgan fingerprint density at radius 2 is 1.57 bits per heavy atom. The fraction of sp³-hybridized carbons (Fsp3) is 0.0526. The van der Waals surface area contributed by atoms with E-state index in [9.17, 15) is 4.79 Å². The molecule has 0 saturated carbocycles. The van der Waals surface area contributed by atoms with Crippen LogP contribution >= 0.6 is 0 Å². The van der Waals surface area contributed by atoms with Crippen molar-refractivity contribution >= 4 is 17.3 Å². The molecule has 0 bridgehead atoms. The standard InChI is InChI=1S/C19H15N3O/c23-19-16-12-7-13-20-17(16)18(21-14-8-3-1-4-9-14)22(19)15-10-5-2-6-11-15/h1-13,18,21H. The predicted octanol–water partition coefficient (Wildman–Crippen LogP) is 3.85. The summed E-state index contributed by atoms with van der Waals surface area (Å²) in [5.74, 6) is -0.0345. The minimum Gasteiger partial charge on any atom is -0.360 e. The number of pyridine rings is 1. The van der Waals surface area contributed by atoms with Gasteiger partial charge in [-0.05, 0) is 36.4 Å². The van der Waals surface area contributed by atoms with E-state index >= 15 is 0 Å². The summed E-state index contributed by atoms with van der Waals surface area (Å²) in [7, 11) is 0. The number of carbonyl (C=O) groups excluding carboxylic acids is 1. The number of anilines is 2. The summed E-state index contributed by atoms with van der Waals surface area (Å²) < 4.78 is 0. The third-order valence-corrected chi connectivity index (χ3v) is 3.92. The van der Waals surface area contributed by atoms with Crippen LogP contribution in [0.4, 0.5) is 11.4 Å². The normalized spacial score (nSPS) is 16.3. The van der Waals surface area contributed by atoms with Crippen molar-refractivity contribution in [3.05, 3.63) is 90.3 Å². The van der Waals surface area contributed by atoms with Crippen molar-refractivity contribution < 1.29 is 4.79 Å². The summed E-state index contributed by atoms with van der Waals surface area (Å²) in [6, 6.07) is 23.1. The van der Waals surface area contributed by atoms with Gasteiger partial charge in [-0.25, -0.2) is 0 Å². The maximum atomic E-state index is 12.8. The predicted molar refractivity (Wildman–Crippen MR) is 90.3 cm³/mol. The first kappa shape index (κ1) is 13.5. The van der Waals surface area contributed by atoms with Crippen LogP contribution in [0.2, 0.25) is 0 Å². The fourth-order valence-corrected chi connectivity index (χ4v) is 2.87. The molecule has 4 nitrogen and oxygen atoms in total. The van der Waals surface area contributed by atoms with Crippen LogP contribution in [0.5, 0.6) is 0 Å². The summed E-state index contributed by atoms with van der Waals surface area (Å²) in [5, 5.41) is 3.42. The minimum atomic E-state index is -0.316. The molecule has 1 aromatic heterocycles. The van der Waals surface area contributed by atoms with Crippen LogP contribution in [0.15, 0.2) is 79.0 Å². The number of nitrogens with zero attached hydrogens (tertiary/aromatic N) is 2. The van der Waals surface area contributed by atoms with Crippen LogP contribution in [0.25, 0.3) is 0 Å². The lowest BCUT2D eigenvalue weighted by Gasteiger charge is -2.26. The number of benzene rings is 2. The molecule has 112 valence electrons. The first-order valence-corrected chi connectivity index (χ1v) is 7.50. The molecule has 1 aliphatic heterocycles. The molecular formula is C19H15N3O. The smallest absolute Gasteiger partial charge is 0.262 e. The molecule has 2 aromatic carbocycles. The molecule has 23 heavy (non-hydrogen) atoms. The van der Waals surface area contributed by atoms with Gasteiger partial charge in [-0.15, -0.1) is 0 Å². The summed E-state index contributed by atoms with van der Waals surface area (Å²) in [6.45, 7) is 0. The SMILES string of the molecule is O=C1c2cccnc2C(Nc2ccccc2)N1c1ccccc1. The van der Waals surface area contributed by atoms with Gasteiger partial charge in [-0.1, -0.05) is 36.4 Å². The van der Waals surface area contributed by atoms with Gasteiger partial charge in [0.25, 0.3) is 5.91 Å². The molecule has 0 saturated heterocycles. The number of nitrogens with one attached hydrogen (secondary N) is 1. The van der Waals surface area contributed by atoms with Crippen molar-refractivity contribution in [2.75, 3.05) is 10.2 Å². The number of hydrogen-bond donors (Lipinski definition) is 1. The Labute approximate surface area is 134 Å². The zero-order chi connectivity index (χ0) is 15.6. The van der Waals surface area contributed by atoms with E-state index in [4.69, 9.17) is 0 Å². The van der Waals surface area contributed by atoms with Gasteiger partial charge in [0.2, 0.25) is 0 Å². The highest BCUT2D eigenvalue weighted by Crippen LogP contribution is 2.36. The van der Waals surface area contributed by atoms with E-state index in [0.29, 0.717) is 5.56 Å². The van der Waals surface area contributed by atoms with Gasteiger partial charge in [0, 0.05) is 17.6 Å². The average molecular weight is 301 g/mol. The Hall–Kier alpha value is -3.14. The van der Waals surface area contributed by atoms with Crippen molar-refractivity contribution in [1.29, 1.82) is 0 Å². The molecule has 0 spiro atoms. The lowest BCUT2D eigenvalue weighted by molar-refractivity contribution is 0.0993. The van der Waals surface area contributed by atoms with Gasteiger partial charge in [-0.2, -0.15) is 0 Å². The van der Waals surface area contributed by atoms with E-state index in [2.05, 4.69) is 10.3 Å². The van der Waals surface area contributed by atoms with Crippen LogP contribution in [0.3, 0.4) is 0 Å². The number of amides is 1. The Balaban J connectivity index is 1.79. The number of aromatic nitrogens is 1. The lowest BCUT2D eigenvalue weighted by Crippen LogP contribution is -2.32. The number of hydrogen-bond acceptors (Lipinski definition) is 3. The zero-order valence-electron chi connectivity index (χ0n) is 12.4. The van der Waals surface area contributed by atoms with Crippen LogP contribution < -0.4 is 10.2 Å². The molecule has 1 N–H and O–H groups in total. The van der Waals surface area contributed by atoms with E-state index in [-0.39, 0.29) is 12.1 Å². The van der Waals surface area contributed by atoms with E-state index < -0.39 is 0 Å². The summed E-state index contributed by atoms with van der Waals surface area (Å²) in [6.07, 6.45) is 1.41. The van der Waals surface area contributed by atoms with Crippen LogP contribution in [0, 0.1) is 0 Å². The molecule has 1 aliphatic rings. The molecule has 2 heterocycles. The topological polar surface area (TPSA) is 45.2 Å². The molecule has 3 aromatic rings. The molecule has 1 atom stereocenters. The zero-order valence-corrected chi connectivity index (χ0v) is 12.4. The maximum absolute atomic E-state index is 12.8. The van der Waals surface area contributed by atoms with Crippen molar-refractivity contribution in [3.8, 4) is 0 Å². The Morgan fingerprint density at radius 3 is 2.30 bits per heavy atom. The van der Waals surface area contributed by atoms with E-state index in [1.54, 1.807) is 17.2 Å². The quantitative estimate of drug-likeness (QED) is 0.799. The molecule has 0 radical (unpaired) electrons. The summed E-state index contributed by atoms with van der Waals surface area (Å²) in [5.41, 5.74) is 3.20. The second kappa shape index (κ2) is 5.57. The van der Waals surface area contributed by atoms with Crippen LogP contribution in [-0.4, -0.2) is 10.9 Å². The lowest BCUT2D eigenvalue weighted by atomic mass is 10.2. The third-order valence-electron chi connectivity index (χ3n) is 3.92. The number of para-hydroxylation sites is 2. The number of fused-ring (bicyclic) bond motifs is 1. The van der Waals surface area contributed by atoms with Crippen molar-refractivity contribution in [2.45, 2.75) is 6.17 Å². The Bertz CT molecular complexity index is 834. The highest BCUT2D eigenvalue weighted by molar-refractivity contribution is 6.11. The molecule has 0 aliphatic carbocycles. The first-order chi connectivity index (χ1) is 11.3. The first-order valence-electron chi connectivity index (χ1n) is 7.50. The third kappa shape index (κ3) is 2.34. The highest BCUT2D eigenvalue weighted by atomic mass is 16.2. The van der Waals surface area contributed by atoms with E-state index in [0.717, 1.165) is 17.1 Å². The monoisotopic (exact) mass is 301 g/mol. The second-order valence-electron chi connectivity index (χ2n) is 5.36. The summed E-state index contributed by atoms with van der Waals surface area (Å²) in [4.78, 5) is 19.0. The van der Waals surface area contributed by atoms with E-state index in [1.165, 1.54) is 0 Å². The van der Waals surface area contributed by atoms with Gasteiger partial charge in [0.1, 0.15) is 0 Å². The van der Waals surface area contributed by atoms with Crippen molar-refractivity contribution in [1.82, 2.24) is 4.98 Å². The van der Waals surface area contributed by atoms with Crippen LogP contribution in [0.1, 0.15) is 22.2 Å². The van der Waals surface area contributed by atoms with Gasteiger partial charge < -0.3 is 5.32 Å². The van der Waals surface area contributed by atoms with Crippen molar-refractivity contribution in [2.24, 2.45) is 0 Å². The van der Waals surface area contributed by atoms with Gasteiger partial charge >= 0.3 is 0 Å². The molecule has 1 unspecified atom stereocenters. The largest absolute Gasteiger partial charge is 0.360 e. The Kier molecular flexibility index (Phi) is 3.27. The molecule has 4 heteroatoms. The van der Waals surface area contributed by atoms with Crippen LogP contribution in [-0.2, 0) is 0 Å². The molecule has 0 fully saturated rings. The summed E-state index contributed by atoms with van der Waals surface area (Å²) >= 11 is 0. The fourth-order valence-electron chi connectivity index (χ4n) is 2.87. The second-order valence-corrected chi connectivity index (χ2v) is 5.36. The number of rotatable bonds is 3. The van der Waals surface area contributed by atoms with Gasteiger partial charge in [-0.3, -0.25) is 14.7 Å². The van der Waals surface area contributed by atoms with Crippen molar-refractivity contribution in [3.63, 3.8) is 0 Å². The molecular weight excluding hydrogens is 286 g/mol. The maximum Gasteiger partial charge on any atom is 0.262 e. The van der Waals surface area contributed by atoms with E-state index in [1.807, 2.05) is 66.7 Å². The van der Waals surface area contributed by atoms with Gasteiger partial charge in [0.05, 0.1) is 11.3 Å². The Morgan fingerprint density at radius 1 is 0.870 bits per heavy atom. The molecule has 4 rings (SSSR count). The van der Waals surface area contributed by atoms with Gasteiger partial charge in [0.15, 0.2) is 6.17 Å². The minimum absolute atomic E-state index is 0.0345.